The van der Waals surface area contributed by atoms with Crippen LogP contribution in [0.3, 0.4) is 0 Å². The third-order valence-corrected chi connectivity index (χ3v) is 4.34. The summed E-state index contributed by atoms with van der Waals surface area (Å²) in [4.78, 5) is 24.0. The minimum Gasteiger partial charge on any atom is -0.484 e. The molecule has 1 atom stereocenters. The Morgan fingerprint density at radius 2 is 1.57 bits per heavy atom. The second-order valence-electron chi connectivity index (χ2n) is 6.62. The van der Waals surface area contributed by atoms with Crippen molar-refractivity contribution in [3.63, 3.8) is 0 Å². The van der Waals surface area contributed by atoms with Crippen LogP contribution in [0.15, 0.2) is 90.0 Å². The summed E-state index contributed by atoms with van der Waals surface area (Å²) in [6, 6.07) is 25.6. The van der Waals surface area contributed by atoms with E-state index in [2.05, 4.69) is 15.8 Å². The number of amides is 2. The van der Waals surface area contributed by atoms with Crippen LogP contribution in [0, 0.1) is 0 Å². The van der Waals surface area contributed by atoms with Gasteiger partial charge in [0.1, 0.15) is 5.75 Å². The molecule has 2 N–H and O–H groups in total. The molecule has 0 aliphatic heterocycles. The molecule has 152 valence electrons. The van der Waals surface area contributed by atoms with Crippen LogP contribution in [0.4, 0.5) is 0 Å². The van der Waals surface area contributed by atoms with Crippen molar-refractivity contribution in [1.29, 1.82) is 0 Å². The van der Waals surface area contributed by atoms with Crippen LogP contribution in [0.1, 0.15) is 34.5 Å². The lowest BCUT2D eigenvalue weighted by Gasteiger charge is -2.14. The topological polar surface area (TPSA) is 79.8 Å². The predicted molar refractivity (Wildman–Crippen MR) is 116 cm³/mol. The number of carbonyl (C=O) groups excluding carboxylic acids is 2. The Labute approximate surface area is 175 Å². The van der Waals surface area contributed by atoms with Crippen LogP contribution in [0.2, 0.25) is 0 Å². The molecule has 0 aliphatic carbocycles. The number of hydrazone groups is 1. The van der Waals surface area contributed by atoms with Gasteiger partial charge in [-0.25, -0.2) is 5.43 Å². The molecule has 0 saturated heterocycles. The molecule has 30 heavy (non-hydrogen) atoms. The van der Waals surface area contributed by atoms with Gasteiger partial charge in [0.15, 0.2) is 6.61 Å². The van der Waals surface area contributed by atoms with Gasteiger partial charge in [-0.15, -0.1) is 0 Å². The summed E-state index contributed by atoms with van der Waals surface area (Å²) >= 11 is 0. The number of nitrogens with zero attached hydrogens (tertiary/aromatic N) is 1. The standard InChI is InChI=1S/C24H23N3O3/c1-18(20-8-4-2-5-9-20)26-23(28)17-30-22-14-12-19(13-15-22)16-25-27-24(29)21-10-6-3-7-11-21/h2-16,18H,17H2,1H3,(H,26,28)(H,27,29)/b25-16+/t18-/m0/s1. The highest BCUT2D eigenvalue weighted by molar-refractivity contribution is 5.94. The zero-order valence-electron chi connectivity index (χ0n) is 16.6. The van der Waals surface area contributed by atoms with Crippen LogP contribution in [0.5, 0.6) is 5.75 Å². The van der Waals surface area contributed by atoms with E-state index >= 15 is 0 Å². The summed E-state index contributed by atoms with van der Waals surface area (Å²) in [5, 5.41) is 6.86. The summed E-state index contributed by atoms with van der Waals surface area (Å²) in [6.45, 7) is 1.86. The van der Waals surface area contributed by atoms with E-state index in [0.29, 0.717) is 11.3 Å². The maximum absolute atomic E-state index is 12.1. The van der Waals surface area contributed by atoms with Crippen LogP contribution in [0.25, 0.3) is 0 Å². The zero-order chi connectivity index (χ0) is 21.2. The smallest absolute Gasteiger partial charge is 0.271 e. The summed E-state index contributed by atoms with van der Waals surface area (Å²) < 4.78 is 5.53. The molecule has 0 bridgehead atoms. The van der Waals surface area contributed by atoms with E-state index in [1.54, 1.807) is 54.7 Å². The maximum atomic E-state index is 12.1. The van der Waals surface area contributed by atoms with Crippen LogP contribution in [-0.2, 0) is 4.79 Å². The van der Waals surface area contributed by atoms with Crippen molar-refractivity contribution in [3.8, 4) is 5.75 Å². The molecule has 6 heteroatoms. The van der Waals surface area contributed by atoms with E-state index in [4.69, 9.17) is 4.74 Å². The lowest BCUT2D eigenvalue weighted by atomic mass is 10.1. The summed E-state index contributed by atoms with van der Waals surface area (Å²) in [5.74, 6) is 0.103. The molecule has 0 aromatic heterocycles. The van der Waals surface area contributed by atoms with Gasteiger partial charge >= 0.3 is 0 Å². The van der Waals surface area contributed by atoms with Crippen molar-refractivity contribution >= 4 is 18.0 Å². The lowest BCUT2D eigenvalue weighted by molar-refractivity contribution is -0.123. The van der Waals surface area contributed by atoms with Crippen molar-refractivity contribution in [3.05, 3.63) is 102 Å². The molecule has 0 heterocycles. The van der Waals surface area contributed by atoms with Crippen LogP contribution >= 0.6 is 0 Å². The largest absolute Gasteiger partial charge is 0.484 e. The molecular formula is C24H23N3O3. The van der Waals surface area contributed by atoms with Gasteiger partial charge in [0.05, 0.1) is 12.3 Å². The molecule has 3 rings (SSSR count). The third kappa shape index (κ3) is 6.31. The number of hydrogen-bond donors (Lipinski definition) is 2. The average molecular weight is 401 g/mol. The summed E-state index contributed by atoms with van der Waals surface area (Å²) in [6.07, 6.45) is 1.54. The Morgan fingerprint density at radius 3 is 2.23 bits per heavy atom. The molecule has 0 spiro atoms. The van der Waals surface area contributed by atoms with Crippen LogP contribution < -0.4 is 15.5 Å². The van der Waals surface area contributed by atoms with Gasteiger partial charge in [-0.3, -0.25) is 9.59 Å². The highest BCUT2D eigenvalue weighted by Gasteiger charge is 2.09. The number of benzene rings is 3. The predicted octanol–water partition coefficient (Wildman–Crippen LogP) is 3.71. The summed E-state index contributed by atoms with van der Waals surface area (Å²) in [7, 11) is 0. The van der Waals surface area contributed by atoms with E-state index in [-0.39, 0.29) is 24.5 Å². The molecule has 3 aromatic rings. The normalized spacial score (nSPS) is 11.6. The second-order valence-corrected chi connectivity index (χ2v) is 6.62. The Balaban J connectivity index is 1.44. The van der Waals surface area contributed by atoms with Crippen molar-refractivity contribution in [2.45, 2.75) is 13.0 Å². The van der Waals surface area contributed by atoms with E-state index in [9.17, 15) is 9.59 Å². The first-order chi connectivity index (χ1) is 14.6. The van der Waals surface area contributed by atoms with Gasteiger partial charge in [-0.1, -0.05) is 48.5 Å². The number of carbonyl (C=O) groups is 2. The minimum atomic E-state index is -0.275. The third-order valence-electron chi connectivity index (χ3n) is 4.34. The lowest BCUT2D eigenvalue weighted by Crippen LogP contribution is -2.31. The van der Waals surface area contributed by atoms with Gasteiger partial charge in [-0.05, 0) is 54.4 Å². The maximum Gasteiger partial charge on any atom is 0.271 e. The van der Waals surface area contributed by atoms with Gasteiger partial charge in [0.25, 0.3) is 11.8 Å². The molecule has 0 aliphatic rings. The molecule has 0 saturated carbocycles. The number of rotatable bonds is 8. The molecule has 0 unspecified atom stereocenters. The highest BCUT2D eigenvalue weighted by atomic mass is 16.5. The molecule has 3 aromatic carbocycles. The molecule has 0 fully saturated rings. The van der Waals surface area contributed by atoms with Gasteiger partial charge < -0.3 is 10.1 Å². The Kier molecular flexibility index (Phi) is 7.33. The monoisotopic (exact) mass is 401 g/mol. The van der Waals surface area contributed by atoms with E-state index < -0.39 is 0 Å². The van der Waals surface area contributed by atoms with E-state index in [1.165, 1.54) is 0 Å². The van der Waals surface area contributed by atoms with Crippen molar-refractivity contribution in [1.82, 2.24) is 10.7 Å². The fraction of sp³-hybridized carbons (Fsp3) is 0.125. The van der Waals surface area contributed by atoms with Crippen molar-refractivity contribution in [2.24, 2.45) is 5.10 Å². The first kappa shape index (κ1) is 20.8. The summed E-state index contributed by atoms with van der Waals surface area (Å²) in [5.41, 5.74) is 4.85. The zero-order valence-corrected chi connectivity index (χ0v) is 16.6. The first-order valence-corrected chi connectivity index (χ1v) is 9.57. The highest BCUT2D eigenvalue weighted by Crippen LogP contribution is 2.13. The van der Waals surface area contributed by atoms with Gasteiger partial charge in [-0.2, -0.15) is 5.10 Å². The fourth-order valence-electron chi connectivity index (χ4n) is 2.73. The number of ether oxygens (including phenoxy) is 1. The van der Waals surface area contributed by atoms with Gasteiger partial charge in [0, 0.05) is 5.56 Å². The Hall–Kier alpha value is -3.93. The van der Waals surface area contributed by atoms with Crippen molar-refractivity contribution < 1.29 is 14.3 Å². The van der Waals surface area contributed by atoms with Crippen molar-refractivity contribution in [2.75, 3.05) is 6.61 Å². The molecular weight excluding hydrogens is 378 g/mol. The average Bonchev–Trinajstić information content (AvgIpc) is 2.79. The number of nitrogens with one attached hydrogen (secondary N) is 2. The quantitative estimate of drug-likeness (QED) is 0.446. The molecule has 0 radical (unpaired) electrons. The Bertz CT molecular complexity index is 987. The second kappa shape index (κ2) is 10.6. The fourth-order valence-corrected chi connectivity index (χ4v) is 2.73. The Morgan fingerprint density at radius 1 is 0.933 bits per heavy atom. The van der Waals surface area contributed by atoms with Crippen LogP contribution in [-0.4, -0.2) is 24.6 Å². The first-order valence-electron chi connectivity index (χ1n) is 9.57. The van der Waals surface area contributed by atoms with E-state index in [0.717, 1.165) is 11.1 Å². The molecule has 2 amide bonds. The SMILES string of the molecule is C[C@H](NC(=O)COc1ccc(/C=N/NC(=O)c2ccccc2)cc1)c1ccccc1. The minimum absolute atomic E-state index is 0.0717. The number of hydrogen-bond acceptors (Lipinski definition) is 4. The molecule has 6 nitrogen and oxygen atoms in total. The van der Waals surface area contributed by atoms with E-state index in [1.807, 2.05) is 43.3 Å². The van der Waals surface area contributed by atoms with Gasteiger partial charge in [0.2, 0.25) is 0 Å².